The van der Waals surface area contributed by atoms with Crippen LogP contribution in [-0.4, -0.2) is 16.2 Å². The molecular weight excluding hydrogens is 295 g/mol. The maximum absolute atomic E-state index is 6.25. The van der Waals surface area contributed by atoms with E-state index >= 15 is 0 Å². The van der Waals surface area contributed by atoms with E-state index in [9.17, 15) is 0 Å². The van der Waals surface area contributed by atoms with Crippen LogP contribution in [0.2, 0.25) is 10.0 Å². The van der Waals surface area contributed by atoms with Gasteiger partial charge in [-0.05, 0) is 24.6 Å². The number of rotatable bonds is 6. The third-order valence-electron chi connectivity index (χ3n) is 2.74. The molecule has 3 nitrogen and oxygen atoms in total. The Kier molecular flexibility index (Phi) is 5.50. The summed E-state index contributed by atoms with van der Waals surface area (Å²) in [4.78, 5) is 4.01. The van der Waals surface area contributed by atoms with Crippen molar-refractivity contribution >= 4 is 35.2 Å². The van der Waals surface area contributed by atoms with E-state index < -0.39 is 0 Å². The van der Waals surface area contributed by atoms with Gasteiger partial charge in [-0.15, -0.1) is 0 Å². The van der Waals surface area contributed by atoms with Gasteiger partial charge in [0.25, 0.3) is 0 Å². The van der Waals surface area contributed by atoms with Crippen molar-refractivity contribution in [2.24, 2.45) is 0 Å². The monoisotopic (exact) mass is 310 g/mol. The molecule has 0 amide bonds. The third kappa shape index (κ3) is 4.02. The number of aromatic nitrogens is 2. The lowest BCUT2D eigenvalue weighted by atomic mass is 10.2. The summed E-state index contributed by atoms with van der Waals surface area (Å²) in [6, 6.07) is 5.37. The van der Waals surface area contributed by atoms with E-state index in [1.54, 1.807) is 24.7 Å². The Hall–Kier alpha value is -1.45. The average Bonchev–Trinajstić information content (AvgIpc) is 2.91. The molecule has 0 atom stereocenters. The van der Waals surface area contributed by atoms with Crippen LogP contribution in [0.15, 0.2) is 36.9 Å². The first-order valence-electron chi connectivity index (χ1n) is 6.48. The maximum Gasteiger partial charge on any atom is 0.144 e. The van der Waals surface area contributed by atoms with Crippen molar-refractivity contribution in [3.05, 3.63) is 52.5 Å². The van der Waals surface area contributed by atoms with E-state index in [4.69, 9.17) is 27.9 Å². The normalized spacial score (nSPS) is 11.7. The first kappa shape index (κ1) is 14.9. The highest BCUT2D eigenvalue weighted by atomic mass is 35.5. The molecule has 0 saturated heterocycles. The Labute approximate surface area is 128 Å². The zero-order chi connectivity index (χ0) is 14.4. The topological polar surface area (TPSA) is 27.1 Å². The highest BCUT2D eigenvalue weighted by molar-refractivity contribution is 6.35. The summed E-state index contributed by atoms with van der Waals surface area (Å²) < 4.78 is 7.67. The van der Waals surface area contributed by atoms with Crippen LogP contribution in [0.25, 0.3) is 12.0 Å². The van der Waals surface area contributed by atoms with Crippen molar-refractivity contribution < 1.29 is 4.74 Å². The molecule has 2 rings (SSSR count). The number of unbranched alkanes of at least 4 members (excludes halogenated alkanes) is 1. The molecule has 1 aromatic heterocycles. The zero-order valence-corrected chi connectivity index (χ0v) is 12.7. The molecule has 0 fully saturated rings. The summed E-state index contributed by atoms with van der Waals surface area (Å²) in [7, 11) is 0. The van der Waals surface area contributed by atoms with Gasteiger partial charge in [-0.25, -0.2) is 4.98 Å². The maximum atomic E-state index is 6.25. The van der Waals surface area contributed by atoms with Crippen molar-refractivity contribution in [3.8, 4) is 0 Å². The lowest BCUT2D eigenvalue weighted by Gasteiger charge is -2.12. The fourth-order valence-corrected chi connectivity index (χ4v) is 2.18. The minimum Gasteiger partial charge on any atom is -0.491 e. The van der Waals surface area contributed by atoms with Gasteiger partial charge in [-0.1, -0.05) is 36.5 Å². The second-order valence-corrected chi connectivity index (χ2v) is 5.17. The first-order chi connectivity index (χ1) is 9.70. The molecule has 0 bridgehead atoms. The summed E-state index contributed by atoms with van der Waals surface area (Å²) in [6.45, 7) is 2.77. The largest absolute Gasteiger partial charge is 0.491 e. The van der Waals surface area contributed by atoms with Crippen LogP contribution < -0.4 is 0 Å². The van der Waals surface area contributed by atoms with Gasteiger partial charge >= 0.3 is 0 Å². The highest BCUT2D eigenvalue weighted by Gasteiger charge is 2.09. The Morgan fingerprint density at radius 2 is 2.25 bits per heavy atom. The number of nitrogens with zero attached hydrogens (tertiary/aromatic N) is 2. The number of benzene rings is 1. The van der Waals surface area contributed by atoms with Crippen LogP contribution in [0.1, 0.15) is 25.3 Å². The van der Waals surface area contributed by atoms with Crippen LogP contribution >= 0.6 is 23.2 Å². The van der Waals surface area contributed by atoms with E-state index in [2.05, 4.69) is 11.9 Å². The van der Waals surface area contributed by atoms with Crippen molar-refractivity contribution in [1.29, 1.82) is 0 Å². The lowest BCUT2D eigenvalue weighted by molar-refractivity contribution is 0.271. The number of hydrogen-bond acceptors (Lipinski definition) is 2. The quantitative estimate of drug-likeness (QED) is 0.557. The van der Waals surface area contributed by atoms with Gasteiger partial charge in [-0.3, -0.25) is 0 Å². The minimum atomic E-state index is 0.570. The van der Waals surface area contributed by atoms with Crippen LogP contribution in [0.3, 0.4) is 0 Å². The molecule has 1 aromatic carbocycles. The molecule has 0 spiro atoms. The lowest BCUT2D eigenvalue weighted by Crippen LogP contribution is -1.97. The Bertz CT molecular complexity index is 580. The van der Waals surface area contributed by atoms with Crippen LogP contribution in [0.5, 0.6) is 0 Å². The predicted molar refractivity (Wildman–Crippen MR) is 83.7 cm³/mol. The molecule has 0 unspecified atom stereocenters. The average molecular weight is 311 g/mol. The van der Waals surface area contributed by atoms with Gasteiger partial charge < -0.3 is 9.30 Å². The summed E-state index contributed by atoms with van der Waals surface area (Å²) in [5, 5.41) is 1.18. The van der Waals surface area contributed by atoms with E-state index in [1.165, 1.54) is 0 Å². The summed E-state index contributed by atoms with van der Waals surface area (Å²) >= 11 is 12.2. The molecule has 20 heavy (non-hydrogen) atoms. The molecular formula is C15H16Cl2N2O. The van der Waals surface area contributed by atoms with Gasteiger partial charge in [0.05, 0.1) is 24.2 Å². The van der Waals surface area contributed by atoms with Crippen molar-refractivity contribution in [1.82, 2.24) is 9.55 Å². The number of ether oxygens (including phenoxy) is 1. The first-order valence-corrected chi connectivity index (χ1v) is 7.23. The van der Waals surface area contributed by atoms with Gasteiger partial charge in [0.15, 0.2) is 0 Å². The number of halogens is 2. The second kappa shape index (κ2) is 7.36. The van der Waals surface area contributed by atoms with Crippen LogP contribution in [0, 0.1) is 0 Å². The third-order valence-corrected chi connectivity index (χ3v) is 3.29. The van der Waals surface area contributed by atoms with Crippen LogP contribution in [-0.2, 0) is 4.74 Å². The zero-order valence-electron chi connectivity index (χ0n) is 11.2. The molecule has 5 heteroatoms. The van der Waals surface area contributed by atoms with Crippen molar-refractivity contribution in [2.45, 2.75) is 19.8 Å². The van der Waals surface area contributed by atoms with E-state index in [0.29, 0.717) is 22.4 Å². The van der Waals surface area contributed by atoms with Gasteiger partial charge in [0, 0.05) is 23.0 Å². The summed E-state index contributed by atoms with van der Waals surface area (Å²) in [5.41, 5.74) is 0.820. The molecule has 106 valence electrons. The van der Waals surface area contributed by atoms with E-state index in [1.807, 2.05) is 23.0 Å². The van der Waals surface area contributed by atoms with Gasteiger partial charge in [0.1, 0.15) is 5.76 Å². The molecule has 0 radical (unpaired) electrons. The van der Waals surface area contributed by atoms with Gasteiger partial charge in [0.2, 0.25) is 0 Å². The summed E-state index contributed by atoms with van der Waals surface area (Å²) in [5.74, 6) is 0.707. The number of imidazole rings is 1. The molecule has 1 heterocycles. The summed E-state index contributed by atoms with van der Waals surface area (Å²) in [6.07, 6.45) is 9.18. The minimum absolute atomic E-state index is 0.570. The number of hydrogen-bond donors (Lipinski definition) is 0. The van der Waals surface area contributed by atoms with E-state index in [-0.39, 0.29) is 0 Å². The molecule has 0 aliphatic heterocycles. The van der Waals surface area contributed by atoms with Gasteiger partial charge in [-0.2, -0.15) is 0 Å². The molecule has 0 saturated carbocycles. The standard InChI is InChI=1S/C15H16Cl2N2O/c1-2-3-8-20-15(10-19-7-6-18-11-19)13-5-4-12(16)9-14(13)17/h4-7,9-11H,2-3,8H2,1H3/b15-10+. The smallest absolute Gasteiger partial charge is 0.144 e. The Balaban J connectivity index is 2.30. The molecule has 0 aliphatic carbocycles. The highest BCUT2D eigenvalue weighted by Crippen LogP contribution is 2.28. The Morgan fingerprint density at radius 1 is 1.40 bits per heavy atom. The molecule has 0 aliphatic rings. The van der Waals surface area contributed by atoms with Crippen LogP contribution in [0.4, 0.5) is 0 Å². The van der Waals surface area contributed by atoms with Crippen molar-refractivity contribution in [2.75, 3.05) is 6.61 Å². The Morgan fingerprint density at radius 3 is 2.90 bits per heavy atom. The molecule has 0 N–H and O–H groups in total. The fourth-order valence-electron chi connectivity index (χ4n) is 1.68. The van der Waals surface area contributed by atoms with E-state index in [0.717, 1.165) is 18.4 Å². The SMILES string of the molecule is CCCCO/C(=C/n1ccnc1)c1ccc(Cl)cc1Cl. The second-order valence-electron chi connectivity index (χ2n) is 4.33. The predicted octanol–water partition coefficient (Wildman–Crippen LogP) is 4.96. The molecule has 2 aromatic rings. The fraction of sp³-hybridized carbons (Fsp3) is 0.267. The van der Waals surface area contributed by atoms with Crippen molar-refractivity contribution in [3.63, 3.8) is 0 Å².